The van der Waals surface area contributed by atoms with Gasteiger partial charge in [0.2, 0.25) is 0 Å². The monoisotopic (exact) mass is 165 g/mol. The van der Waals surface area contributed by atoms with E-state index in [-0.39, 0.29) is 5.25 Å². The molecule has 0 aliphatic carbocycles. The molecular formula is C6H15NO2S. The molecule has 1 fully saturated rings. The topological polar surface area (TPSA) is 52.5 Å². The zero-order valence-corrected chi connectivity index (χ0v) is 7.02. The summed E-state index contributed by atoms with van der Waals surface area (Å²) in [6.07, 6.45) is 0.856. The van der Waals surface area contributed by atoms with Crippen LogP contribution in [-0.4, -0.2) is 33.2 Å². The molecule has 62 valence electrons. The van der Waals surface area contributed by atoms with Crippen LogP contribution in [-0.2, 0) is 0 Å². The van der Waals surface area contributed by atoms with Crippen molar-refractivity contribution in [2.75, 3.05) is 18.8 Å². The minimum absolute atomic E-state index is 0.0845. The highest BCUT2D eigenvalue weighted by atomic mass is 32.3. The maximum Gasteiger partial charge on any atom is 0.0607 e. The molecule has 1 aliphatic rings. The number of nitrogens with one attached hydrogen (secondary N) is 1. The average molecular weight is 165 g/mol. The smallest absolute Gasteiger partial charge is 0.0607 e. The first-order chi connectivity index (χ1) is 4.67. The molecule has 0 aromatic carbocycles. The van der Waals surface area contributed by atoms with Crippen LogP contribution < -0.4 is 5.32 Å². The lowest BCUT2D eigenvalue weighted by Crippen LogP contribution is -2.40. The molecular weight excluding hydrogens is 150 g/mol. The largest absolute Gasteiger partial charge is 0.313 e. The highest BCUT2D eigenvalue weighted by molar-refractivity contribution is 8.24. The van der Waals surface area contributed by atoms with E-state index in [2.05, 4.69) is 5.32 Å². The maximum absolute atomic E-state index is 9.43. The summed E-state index contributed by atoms with van der Waals surface area (Å²) in [5.41, 5.74) is 0. The molecule has 0 aromatic heterocycles. The molecule has 1 heterocycles. The standard InChI is InChI=1S/C6H15NO2S/c1-2-6-5-7-3-4-10(6,8)9/h6-9H,2-5H2,1H3. The molecule has 10 heavy (non-hydrogen) atoms. The van der Waals surface area contributed by atoms with Crippen LogP contribution in [0.2, 0.25) is 0 Å². The first-order valence-corrected chi connectivity index (χ1v) is 5.40. The van der Waals surface area contributed by atoms with Crippen molar-refractivity contribution in [3.8, 4) is 0 Å². The summed E-state index contributed by atoms with van der Waals surface area (Å²) < 4.78 is 18.9. The molecule has 0 aromatic rings. The quantitative estimate of drug-likeness (QED) is 0.545. The van der Waals surface area contributed by atoms with Crippen LogP contribution in [0.3, 0.4) is 0 Å². The number of hydrogen-bond acceptors (Lipinski definition) is 3. The van der Waals surface area contributed by atoms with Crippen molar-refractivity contribution in [2.24, 2.45) is 0 Å². The van der Waals surface area contributed by atoms with Gasteiger partial charge in [-0.1, -0.05) is 6.92 Å². The highest BCUT2D eigenvalue weighted by Gasteiger charge is 2.26. The van der Waals surface area contributed by atoms with Crippen LogP contribution in [0.4, 0.5) is 0 Å². The Morgan fingerprint density at radius 2 is 2.30 bits per heavy atom. The summed E-state index contributed by atoms with van der Waals surface area (Å²) in [4.78, 5) is 0. The predicted molar refractivity (Wildman–Crippen MR) is 44.7 cm³/mol. The molecule has 4 heteroatoms. The van der Waals surface area contributed by atoms with Crippen LogP contribution in [0.25, 0.3) is 0 Å². The maximum atomic E-state index is 9.43. The lowest BCUT2D eigenvalue weighted by atomic mass is 10.3. The molecule has 3 N–H and O–H groups in total. The Balaban J connectivity index is 2.51. The van der Waals surface area contributed by atoms with E-state index in [1.807, 2.05) is 6.92 Å². The average Bonchev–Trinajstić information content (AvgIpc) is 1.87. The third kappa shape index (κ3) is 1.63. The van der Waals surface area contributed by atoms with Crippen LogP contribution in [0.1, 0.15) is 13.3 Å². The van der Waals surface area contributed by atoms with E-state index in [1.54, 1.807) is 0 Å². The third-order valence-electron chi connectivity index (χ3n) is 1.94. The van der Waals surface area contributed by atoms with Gasteiger partial charge in [-0.05, 0) is 6.42 Å². The molecule has 0 radical (unpaired) electrons. The minimum Gasteiger partial charge on any atom is -0.313 e. The van der Waals surface area contributed by atoms with E-state index < -0.39 is 10.6 Å². The summed E-state index contributed by atoms with van der Waals surface area (Å²) in [7, 11) is -2.24. The Bertz CT molecular complexity index is 118. The van der Waals surface area contributed by atoms with Crippen LogP contribution >= 0.6 is 10.6 Å². The van der Waals surface area contributed by atoms with E-state index in [1.165, 1.54) is 0 Å². The Morgan fingerprint density at radius 1 is 1.60 bits per heavy atom. The van der Waals surface area contributed by atoms with Gasteiger partial charge in [0, 0.05) is 13.1 Å². The second kappa shape index (κ2) is 3.09. The van der Waals surface area contributed by atoms with Gasteiger partial charge >= 0.3 is 0 Å². The molecule has 0 spiro atoms. The van der Waals surface area contributed by atoms with E-state index >= 15 is 0 Å². The summed E-state index contributed by atoms with van der Waals surface area (Å²) in [5, 5.41) is 3.23. The van der Waals surface area contributed by atoms with Crippen molar-refractivity contribution in [1.29, 1.82) is 0 Å². The Kier molecular flexibility index (Phi) is 2.57. The molecule has 1 rings (SSSR count). The minimum atomic E-state index is -2.24. The van der Waals surface area contributed by atoms with Gasteiger partial charge in [0.25, 0.3) is 0 Å². The van der Waals surface area contributed by atoms with Crippen LogP contribution in [0, 0.1) is 0 Å². The van der Waals surface area contributed by atoms with Crippen LogP contribution in [0.5, 0.6) is 0 Å². The number of hydrogen-bond donors (Lipinski definition) is 3. The third-order valence-corrected chi connectivity index (χ3v) is 4.31. The normalized spacial score (nSPS) is 35.3. The molecule has 1 aliphatic heterocycles. The Labute approximate surface area is 63.2 Å². The molecule has 1 atom stereocenters. The zero-order valence-electron chi connectivity index (χ0n) is 6.21. The molecule has 0 saturated carbocycles. The molecule has 0 bridgehead atoms. The summed E-state index contributed by atoms with van der Waals surface area (Å²) >= 11 is 0. The fourth-order valence-electron chi connectivity index (χ4n) is 1.20. The van der Waals surface area contributed by atoms with Crippen molar-refractivity contribution in [3.05, 3.63) is 0 Å². The molecule has 1 saturated heterocycles. The van der Waals surface area contributed by atoms with Gasteiger partial charge < -0.3 is 5.32 Å². The zero-order chi connectivity index (χ0) is 7.61. The van der Waals surface area contributed by atoms with Gasteiger partial charge in [0.1, 0.15) is 0 Å². The fourth-order valence-corrected chi connectivity index (χ4v) is 2.89. The Hall–Kier alpha value is 0.230. The van der Waals surface area contributed by atoms with Gasteiger partial charge in [-0.15, -0.1) is 0 Å². The first kappa shape index (κ1) is 8.33. The van der Waals surface area contributed by atoms with Gasteiger partial charge in [-0.2, -0.15) is 10.6 Å². The van der Waals surface area contributed by atoms with Gasteiger partial charge in [-0.25, -0.2) is 0 Å². The highest BCUT2D eigenvalue weighted by Crippen LogP contribution is 2.46. The van der Waals surface area contributed by atoms with E-state index in [4.69, 9.17) is 0 Å². The van der Waals surface area contributed by atoms with Crippen LogP contribution in [0.15, 0.2) is 0 Å². The lowest BCUT2D eigenvalue weighted by Gasteiger charge is -2.43. The summed E-state index contributed by atoms with van der Waals surface area (Å²) in [6, 6.07) is 0. The molecule has 0 amide bonds. The number of rotatable bonds is 1. The first-order valence-electron chi connectivity index (χ1n) is 3.62. The lowest BCUT2D eigenvalue weighted by molar-refractivity contribution is 0.444. The van der Waals surface area contributed by atoms with Crippen molar-refractivity contribution in [3.63, 3.8) is 0 Å². The van der Waals surface area contributed by atoms with Crippen molar-refractivity contribution in [2.45, 2.75) is 18.6 Å². The van der Waals surface area contributed by atoms with Crippen molar-refractivity contribution in [1.82, 2.24) is 5.32 Å². The SMILES string of the molecule is CCC1CNCCS1(O)O. The van der Waals surface area contributed by atoms with Crippen molar-refractivity contribution < 1.29 is 9.11 Å². The van der Waals surface area contributed by atoms with E-state index in [9.17, 15) is 9.11 Å². The predicted octanol–water partition coefficient (Wildman–Crippen LogP) is 1.12. The van der Waals surface area contributed by atoms with E-state index in [0.29, 0.717) is 5.75 Å². The van der Waals surface area contributed by atoms with Gasteiger partial charge in [0.15, 0.2) is 0 Å². The molecule has 1 unspecified atom stereocenters. The van der Waals surface area contributed by atoms with Gasteiger partial charge in [-0.3, -0.25) is 9.11 Å². The van der Waals surface area contributed by atoms with Crippen molar-refractivity contribution >= 4 is 10.6 Å². The Morgan fingerprint density at radius 3 is 2.70 bits per heavy atom. The summed E-state index contributed by atoms with van der Waals surface area (Å²) in [5.74, 6) is 0.533. The summed E-state index contributed by atoms with van der Waals surface area (Å²) in [6.45, 7) is 3.50. The molecule has 3 nitrogen and oxygen atoms in total. The second-order valence-corrected chi connectivity index (χ2v) is 5.17. The van der Waals surface area contributed by atoms with E-state index in [0.717, 1.165) is 19.5 Å². The van der Waals surface area contributed by atoms with Gasteiger partial charge in [0.05, 0.1) is 11.0 Å². The second-order valence-electron chi connectivity index (χ2n) is 2.66. The fraction of sp³-hybridized carbons (Fsp3) is 1.00.